The number of rotatable bonds is 9. The van der Waals surface area contributed by atoms with E-state index in [0.717, 1.165) is 45.4 Å². The van der Waals surface area contributed by atoms with Crippen molar-refractivity contribution in [2.24, 2.45) is 0 Å². The number of nitrogens with zero attached hydrogens (tertiary/aromatic N) is 3. The largest absolute Gasteiger partial charge is 0.302 e. The number of hydrogen-bond acceptors (Lipinski definition) is 5. The second kappa shape index (κ2) is 11.9. The summed E-state index contributed by atoms with van der Waals surface area (Å²) in [6.07, 6.45) is 0. The molecule has 2 aromatic carbocycles. The fourth-order valence-electron chi connectivity index (χ4n) is 3.44. The zero-order valence-electron chi connectivity index (χ0n) is 19.0. The summed E-state index contributed by atoms with van der Waals surface area (Å²) in [6, 6.07) is 12.7. The van der Waals surface area contributed by atoms with Crippen molar-refractivity contribution in [3.05, 3.63) is 53.1 Å². The molecule has 1 heterocycles. The van der Waals surface area contributed by atoms with Crippen LogP contribution in [0.1, 0.15) is 30.5 Å². The molecule has 0 saturated carbocycles. The molecule has 31 heavy (non-hydrogen) atoms. The summed E-state index contributed by atoms with van der Waals surface area (Å²) in [6.45, 7) is 14.1. The number of carbonyl (C=O) groups excluding carboxylic acids is 1. The summed E-state index contributed by atoms with van der Waals surface area (Å²) < 4.78 is 1.15. The van der Waals surface area contributed by atoms with Gasteiger partial charge < -0.3 is 4.90 Å². The van der Waals surface area contributed by atoms with Crippen LogP contribution in [0, 0.1) is 20.8 Å². The standard InChI is InChI=1S/C24H31N3OS2.ClH/c1-6-26(7-2)12-13-27(22(28)16-29-20-10-8-17(3)9-11-20)24-25-23-19(5)14-18(4)15-21(23)30-24;/h8-11,14-15H,6-7,12-13,16H2,1-5H3;1H. The van der Waals surface area contributed by atoms with Gasteiger partial charge in [-0.1, -0.05) is 48.9 Å². The van der Waals surface area contributed by atoms with E-state index < -0.39 is 0 Å². The van der Waals surface area contributed by atoms with Crippen LogP contribution in [0.4, 0.5) is 5.13 Å². The highest BCUT2D eigenvalue weighted by molar-refractivity contribution is 8.00. The predicted molar refractivity (Wildman–Crippen MR) is 138 cm³/mol. The maximum Gasteiger partial charge on any atom is 0.239 e. The normalized spacial score (nSPS) is 11.0. The van der Waals surface area contributed by atoms with Gasteiger partial charge in [0.2, 0.25) is 5.91 Å². The number of benzene rings is 2. The van der Waals surface area contributed by atoms with E-state index in [-0.39, 0.29) is 18.3 Å². The van der Waals surface area contributed by atoms with E-state index in [9.17, 15) is 4.79 Å². The van der Waals surface area contributed by atoms with E-state index in [1.165, 1.54) is 11.1 Å². The number of hydrogen-bond donors (Lipinski definition) is 0. The molecule has 0 fully saturated rings. The summed E-state index contributed by atoms with van der Waals surface area (Å²) in [5.74, 6) is 0.524. The smallest absolute Gasteiger partial charge is 0.239 e. The molecule has 4 nitrogen and oxygen atoms in total. The number of thiazole rings is 1. The van der Waals surface area contributed by atoms with Crippen LogP contribution < -0.4 is 4.90 Å². The molecule has 0 aliphatic rings. The molecule has 0 saturated heterocycles. The van der Waals surface area contributed by atoms with E-state index in [4.69, 9.17) is 4.98 Å². The third-order valence-electron chi connectivity index (χ3n) is 5.27. The molecule has 7 heteroatoms. The Balaban J connectivity index is 0.00000341. The molecule has 0 aliphatic heterocycles. The SMILES string of the molecule is CCN(CC)CCN(C(=O)CSc1ccc(C)cc1)c1nc2c(C)cc(C)cc2s1.Cl. The van der Waals surface area contributed by atoms with E-state index in [2.05, 4.69) is 75.9 Å². The minimum absolute atomic E-state index is 0. The van der Waals surface area contributed by atoms with Gasteiger partial charge in [-0.05, 0) is 63.2 Å². The van der Waals surface area contributed by atoms with Gasteiger partial charge >= 0.3 is 0 Å². The van der Waals surface area contributed by atoms with Gasteiger partial charge in [-0.2, -0.15) is 0 Å². The van der Waals surface area contributed by atoms with Crippen LogP contribution in [0.3, 0.4) is 0 Å². The number of amides is 1. The van der Waals surface area contributed by atoms with Crippen molar-refractivity contribution in [2.45, 2.75) is 39.5 Å². The number of likely N-dealkylation sites (N-methyl/N-ethyl adjacent to an activating group) is 1. The van der Waals surface area contributed by atoms with Gasteiger partial charge in [0.25, 0.3) is 0 Å². The van der Waals surface area contributed by atoms with Gasteiger partial charge in [-0.15, -0.1) is 24.2 Å². The molecule has 3 aromatic rings. The first kappa shape index (κ1) is 25.7. The molecule has 0 N–H and O–H groups in total. The second-order valence-corrected chi connectivity index (χ2v) is 9.66. The summed E-state index contributed by atoms with van der Waals surface area (Å²) in [4.78, 5) is 23.5. The average molecular weight is 478 g/mol. The molecule has 1 aromatic heterocycles. The minimum Gasteiger partial charge on any atom is -0.302 e. The molecule has 3 rings (SSSR count). The number of carbonyl (C=O) groups is 1. The van der Waals surface area contributed by atoms with Crippen LogP contribution in [0.5, 0.6) is 0 Å². The summed E-state index contributed by atoms with van der Waals surface area (Å²) in [7, 11) is 0. The number of thioether (sulfide) groups is 1. The molecule has 168 valence electrons. The van der Waals surface area contributed by atoms with Crippen LogP contribution in [0.2, 0.25) is 0 Å². The van der Waals surface area contributed by atoms with E-state index in [0.29, 0.717) is 12.3 Å². The van der Waals surface area contributed by atoms with Gasteiger partial charge in [0, 0.05) is 18.0 Å². The van der Waals surface area contributed by atoms with Crippen molar-refractivity contribution < 1.29 is 4.79 Å². The Kier molecular flexibility index (Phi) is 9.82. The van der Waals surface area contributed by atoms with Crippen LogP contribution >= 0.6 is 35.5 Å². The molecule has 0 atom stereocenters. The first-order valence-electron chi connectivity index (χ1n) is 10.5. The Morgan fingerprint density at radius 1 is 1.00 bits per heavy atom. The van der Waals surface area contributed by atoms with Crippen molar-refractivity contribution in [3.8, 4) is 0 Å². The lowest BCUT2D eigenvalue weighted by atomic mass is 10.1. The minimum atomic E-state index is 0. The van der Waals surface area contributed by atoms with Crippen LogP contribution in [-0.2, 0) is 4.79 Å². The third kappa shape index (κ3) is 6.69. The Hall–Kier alpha value is -1.60. The molecule has 1 amide bonds. The zero-order valence-corrected chi connectivity index (χ0v) is 21.4. The Morgan fingerprint density at radius 3 is 2.32 bits per heavy atom. The Bertz CT molecular complexity index is 1000. The van der Waals surface area contributed by atoms with Gasteiger partial charge in [0.05, 0.1) is 16.0 Å². The zero-order chi connectivity index (χ0) is 21.7. The lowest BCUT2D eigenvalue weighted by Crippen LogP contribution is -2.39. The van der Waals surface area contributed by atoms with E-state index >= 15 is 0 Å². The first-order chi connectivity index (χ1) is 14.4. The van der Waals surface area contributed by atoms with Gasteiger partial charge in [-0.3, -0.25) is 9.69 Å². The third-order valence-corrected chi connectivity index (χ3v) is 7.29. The topological polar surface area (TPSA) is 36.4 Å². The Morgan fingerprint density at radius 2 is 1.68 bits per heavy atom. The second-order valence-electron chi connectivity index (χ2n) is 7.60. The quantitative estimate of drug-likeness (QED) is 0.348. The average Bonchev–Trinajstić information content (AvgIpc) is 3.14. The Labute approximate surface area is 200 Å². The maximum atomic E-state index is 13.3. The van der Waals surface area contributed by atoms with E-state index in [1.807, 2.05) is 4.90 Å². The number of anilines is 1. The van der Waals surface area contributed by atoms with Crippen molar-refractivity contribution in [2.75, 3.05) is 36.8 Å². The lowest BCUT2D eigenvalue weighted by molar-refractivity contribution is -0.116. The van der Waals surface area contributed by atoms with Crippen molar-refractivity contribution in [1.82, 2.24) is 9.88 Å². The van der Waals surface area contributed by atoms with Gasteiger partial charge in [-0.25, -0.2) is 4.98 Å². The highest BCUT2D eigenvalue weighted by atomic mass is 35.5. The number of aryl methyl sites for hydroxylation is 3. The molecule has 0 aliphatic carbocycles. The maximum absolute atomic E-state index is 13.3. The molecule has 0 radical (unpaired) electrons. The van der Waals surface area contributed by atoms with Crippen LogP contribution in [0.15, 0.2) is 41.3 Å². The summed E-state index contributed by atoms with van der Waals surface area (Å²) in [5.41, 5.74) is 4.63. The highest BCUT2D eigenvalue weighted by Crippen LogP contribution is 2.32. The lowest BCUT2D eigenvalue weighted by Gasteiger charge is -2.24. The first-order valence-corrected chi connectivity index (χ1v) is 12.3. The molecular weight excluding hydrogens is 446 g/mol. The molecule has 0 spiro atoms. The van der Waals surface area contributed by atoms with Gasteiger partial charge in [0.15, 0.2) is 5.13 Å². The van der Waals surface area contributed by atoms with Crippen LogP contribution in [0.25, 0.3) is 10.2 Å². The summed E-state index contributed by atoms with van der Waals surface area (Å²) in [5, 5.41) is 0.806. The highest BCUT2D eigenvalue weighted by Gasteiger charge is 2.21. The molecule has 0 unspecified atom stereocenters. The summed E-state index contributed by atoms with van der Waals surface area (Å²) >= 11 is 3.21. The van der Waals surface area contributed by atoms with Gasteiger partial charge in [0.1, 0.15) is 0 Å². The van der Waals surface area contributed by atoms with Crippen molar-refractivity contribution in [1.29, 1.82) is 0 Å². The predicted octanol–water partition coefficient (Wildman–Crippen LogP) is 6.11. The fourth-order valence-corrected chi connectivity index (χ4v) is 5.40. The monoisotopic (exact) mass is 477 g/mol. The molecule has 0 bridgehead atoms. The van der Waals surface area contributed by atoms with Crippen LogP contribution in [-0.4, -0.2) is 47.7 Å². The number of halogens is 1. The van der Waals surface area contributed by atoms with Crippen molar-refractivity contribution >= 4 is 56.8 Å². The fraction of sp³-hybridized carbons (Fsp3) is 0.417. The van der Waals surface area contributed by atoms with E-state index in [1.54, 1.807) is 23.1 Å². The number of fused-ring (bicyclic) bond motifs is 1. The number of aromatic nitrogens is 1. The molecular formula is C24H32ClN3OS2. The van der Waals surface area contributed by atoms with Crippen molar-refractivity contribution in [3.63, 3.8) is 0 Å².